The summed E-state index contributed by atoms with van der Waals surface area (Å²) in [4.78, 5) is 17.5. The first-order chi connectivity index (χ1) is 13.7. The molecule has 0 unspecified atom stereocenters. The molecule has 0 aliphatic rings. The van der Waals surface area contributed by atoms with Crippen LogP contribution in [0.3, 0.4) is 0 Å². The SMILES string of the molecule is Cn1cc(-c2ncc3nc(OCCc4c[nH]c5ccc(Cl)cc45)sc3n2)cn1. The lowest BCUT2D eigenvalue weighted by Gasteiger charge is -2.01. The molecule has 0 aliphatic heterocycles. The van der Waals surface area contributed by atoms with E-state index in [-0.39, 0.29) is 0 Å². The van der Waals surface area contributed by atoms with Crippen LogP contribution < -0.4 is 4.74 Å². The van der Waals surface area contributed by atoms with Crippen LogP contribution in [-0.2, 0) is 13.5 Å². The van der Waals surface area contributed by atoms with Crippen molar-refractivity contribution in [1.82, 2.24) is 29.7 Å². The second-order valence-corrected chi connectivity index (χ2v) is 7.75. The number of H-pyrrole nitrogens is 1. The van der Waals surface area contributed by atoms with E-state index in [0.29, 0.717) is 17.6 Å². The predicted molar refractivity (Wildman–Crippen MR) is 110 cm³/mol. The normalized spacial score (nSPS) is 11.5. The molecule has 5 aromatic rings. The standard InChI is InChI=1S/C19H15ClN6OS/c1-26-10-12(8-23-26)17-22-9-16-18(25-17)28-19(24-16)27-5-4-11-7-21-15-3-2-13(20)6-14(11)15/h2-3,6-10,21H,4-5H2,1H3. The number of thiazole rings is 1. The van der Waals surface area contributed by atoms with E-state index >= 15 is 0 Å². The molecular formula is C19H15ClN6OS. The number of aryl methyl sites for hydroxylation is 1. The highest BCUT2D eigenvalue weighted by Crippen LogP contribution is 2.28. The summed E-state index contributed by atoms with van der Waals surface area (Å²) >= 11 is 7.53. The summed E-state index contributed by atoms with van der Waals surface area (Å²) in [5.41, 5.74) is 3.83. The topological polar surface area (TPSA) is 81.5 Å². The van der Waals surface area contributed by atoms with Crippen LogP contribution in [0.25, 0.3) is 32.6 Å². The first-order valence-corrected chi connectivity index (χ1v) is 9.86. The van der Waals surface area contributed by atoms with Crippen molar-refractivity contribution in [3.05, 3.63) is 53.6 Å². The number of fused-ring (bicyclic) bond motifs is 2. The zero-order valence-electron chi connectivity index (χ0n) is 14.9. The van der Waals surface area contributed by atoms with Crippen molar-refractivity contribution in [3.63, 3.8) is 0 Å². The summed E-state index contributed by atoms with van der Waals surface area (Å²) in [6.45, 7) is 0.516. The monoisotopic (exact) mass is 410 g/mol. The zero-order valence-corrected chi connectivity index (χ0v) is 16.5. The van der Waals surface area contributed by atoms with Crippen molar-refractivity contribution in [3.8, 4) is 16.6 Å². The lowest BCUT2D eigenvalue weighted by Crippen LogP contribution is -2.00. The third-order valence-corrected chi connectivity index (χ3v) is 5.53. The number of hydrogen-bond acceptors (Lipinski definition) is 6. The molecular weight excluding hydrogens is 396 g/mol. The van der Waals surface area contributed by atoms with E-state index in [2.05, 4.69) is 25.0 Å². The van der Waals surface area contributed by atoms with Crippen molar-refractivity contribution in [2.75, 3.05) is 6.61 Å². The maximum absolute atomic E-state index is 6.11. The molecule has 0 bridgehead atoms. The van der Waals surface area contributed by atoms with Gasteiger partial charge in [-0.1, -0.05) is 22.9 Å². The van der Waals surface area contributed by atoms with E-state index < -0.39 is 0 Å². The second-order valence-electron chi connectivity index (χ2n) is 6.37. The third-order valence-electron chi connectivity index (χ3n) is 4.42. The predicted octanol–water partition coefficient (Wildman–Crippen LogP) is 4.24. The number of nitrogens with zero attached hydrogens (tertiary/aromatic N) is 5. The highest BCUT2D eigenvalue weighted by molar-refractivity contribution is 7.19. The molecule has 0 spiro atoms. The van der Waals surface area contributed by atoms with Gasteiger partial charge in [-0.25, -0.2) is 9.97 Å². The van der Waals surface area contributed by atoms with Gasteiger partial charge in [0.15, 0.2) is 10.7 Å². The maximum Gasteiger partial charge on any atom is 0.275 e. The van der Waals surface area contributed by atoms with Gasteiger partial charge in [0, 0.05) is 41.8 Å². The van der Waals surface area contributed by atoms with Gasteiger partial charge in [0.25, 0.3) is 5.19 Å². The molecule has 1 N–H and O–H groups in total. The molecule has 9 heteroatoms. The summed E-state index contributed by atoms with van der Waals surface area (Å²) in [5.74, 6) is 0.631. The van der Waals surface area contributed by atoms with E-state index in [1.54, 1.807) is 17.1 Å². The van der Waals surface area contributed by atoms with Crippen LogP contribution in [0.1, 0.15) is 5.56 Å². The lowest BCUT2D eigenvalue weighted by molar-refractivity contribution is 0.321. The van der Waals surface area contributed by atoms with Gasteiger partial charge in [-0.05, 0) is 23.8 Å². The third kappa shape index (κ3) is 3.21. The van der Waals surface area contributed by atoms with Crippen LogP contribution in [0.4, 0.5) is 0 Å². The summed E-state index contributed by atoms with van der Waals surface area (Å²) in [6.07, 6.45) is 8.09. The van der Waals surface area contributed by atoms with Gasteiger partial charge in [0.2, 0.25) is 0 Å². The fourth-order valence-electron chi connectivity index (χ4n) is 3.06. The molecule has 0 aliphatic carbocycles. The minimum atomic E-state index is 0.516. The molecule has 0 saturated heterocycles. The van der Waals surface area contributed by atoms with Gasteiger partial charge < -0.3 is 9.72 Å². The summed E-state index contributed by atoms with van der Waals surface area (Å²) in [7, 11) is 1.86. The number of nitrogens with one attached hydrogen (secondary N) is 1. The van der Waals surface area contributed by atoms with Crippen molar-refractivity contribution >= 4 is 44.2 Å². The number of ether oxygens (including phenoxy) is 1. The summed E-state index contributed by atoms with van der Waals surface area (Å²) < 4.78 is 7.59. The minimum absolute atomic E-state index is 0.516. The van der Waals surface area contributed by atoms with E-state index in [9.17, 15) is 0 Å². The number of benzene rings is 1. The molecule has 7 nitrogen and oxygen atoms in total. The Morgan fingerprint density at radius 3 is 3.04 bits per heavy atom. The Morgan fingerprint density at radius 2 is 2.18 bits per heavy atom. The quantitative estimate of drug-likeness (QED) is 0.468. The number of rotatable bonds is 5. The lowest BCUT2D eigenvalue weighted by atomic mass is 10.1. The first kappa shape index (κ1) is 17.2. The average molecular weight is 411 g/mol. The van der Waals surface area contributed by atoms with E-state index in [4.69, 9.17) is 16.3 Å². The molecule has 28 heavy (non-hydrogen) atoms. The van der Waals surface area contributed by atoms with Crippen molar-refractivity contribution in [1.29, 1.82) is 0 Å². The number of halogens is 1. The van der Waals surface area contributed by atoms with Crippen LogP contribution in [0.15, 0.2) is 43.0 Å². The van der Waals surface area contributed by atoms with Crippen LogP contribution in [0, 0.1) is 0 Å². The Hall–Kier alpha value is -2.97. The smallest absolute Gasteiger partial charge is 0.275 e. The fourth-order valence-corrected chi connectivity index (χ4v) is 4.02. The first-order valence-electron chi connectivity index (χ1n) is 8.66. The van der Waals surface area contributed by atoms with Gasteiger partial charge >= 0.3 is 0 Å². The van der Waals surface area contributed by atoms with E-state index in [0.717, 1.165) is 43.8 Å². The Balaban J connectivity index is 1.31. The number of hydrogen-bond donors (Lipinski definition) is 1. The number of aromatic amines is 1. The molecule has 0 fully saturated rings. The molecule has 1 aromatic carbocycles. The Kier molecular flexibility index (Phi) is 4.22. The summed E-state index contributed by atoms with van der Waals surface area (Å²) in [5, 5.41) is 6.59. The summed E-state index contributed by atoms with van der Waals surface area (Å²) in [6, 6.07) is 5.83. The fraction of sp³-hybridized carbons (Fsp3) is 0.158. The molecule has 0 radical (unpaired) electrons. The highest BCUT2D eigenvalue weighted by atomic mass is 35.5. The van der Waals surface area contributed by atoms with Gasteiger partial charge in [-0.2, -0.15) is 10.1 Å². The Bertz CT molecular complexity index is 1290. The molecule has 0 atom stereocenters. The molecule has 0 saturated carbocycles. The molecule has 4 heterocycles. The van der Waals surface area contributed by atoms with Crippen molar-refractivity contribution < 1.29 is 4.74 Å². The van der Waals surface area contributed by atoms with Gasteiger partial charge in [0.05, 0.1) is 24.6 Å². The minimum Gasteiger partial charge on any atom is -0.470 e. The van der Waals surface area contributed by atoms with Crippen LogP contribution in [-0.4, -0.2) is 36.3 Å². The Morgan fingerprint density at radius 1 is 1.25 bits per heavy atom. The highest BCUT2D eigenvalue weighted by Gasteiger charge is 2.11. The molecule has 140 valence electrons. The van der Waals surface area contributed by atoms with Crippen molar-refractivity contribution in [2.45, 2.75) is 6.42 Å². The van der Waals surface area contributed by atoms with E-state index in [1.807, 2.05) is 37.6 Å². The van der Waals surface area contributed by atoms with Crippen LogP contribution in [0.2, 0.25) is 5.02 Å². The average Bonchev–Trinajstić information content (AvgIpc) is 3.39. The molecule has 5 rings (SSSR count). The molecule has 4 aromatic heterocycles. The Labute approximate surface area is 169 Å². The van der Waals surface area contributed by atoms with Gasteiger partial charge in [-0.15, -0.1) is 0 Å². The van der Waals surface area contributed by atoms with Gasteiger partial charge in [-0.3, -0.25) is 4.68 Å². The van der Waals surface area contributed by atoms with E-state index in [1.165, 1.54) is 11.3 Å². The van der Waals surface area contributed by atoms with Gasteiger partial charge in [0.1, 0.15) is 5.52 Å². The maximum atomic E-state index is 6.11. The zero-order chi connectivity index (χ0) is 19.1. The molecule has 0 amide bonds. The largest absolute Gasteiger partial charge is 0.470 e. The van der Waals surface area contributed by atoms with Crippen molar-refractivity contribution in [2.24, 2.45) is 7.05 Å². The van der Waals surface area contributed by atoms with Crippen LogP contribution >= 0.6 is 22.9 Å². The number of aromatic nitrogens is 6. The van der Waals surface area contributed by atoms with Crippen LogP contribution in [0.5, 0.6) is 5.19 Å². The second kappa shape index (κ2) is 6.88.